The van der Waals surface area contributed by atoms with Crippen molar-refractivity contribution >= 4 is 5.97 Å². The molecule has 1 N–H and O–H groups in total. The second-order valence-electron chi connectivity index (χ2n) is 4.67. The van der Waals surface area contributed by atoms with Crippen LogP contribution in [0.4, 0.5) is 4.39 Å². The maximum atomic E-state index is 13.3. The summed E-state index contributed by atoms with van der Waals surface area (Å²) in [5.74, 6) is -0.665. The molecule has 0 aliphatic heterocycles. The number of carboxylic acids is 1. The Bertz CT molecular complexity index is 860. The van der Waals surface area contributed by atoms with Crippen molar-refractivity contribution in [2.45, 2.75) is 6.92 Å². The standard InChI is InChI=1S/C15H11FN4O2/c1-9-5-13(20-7-12(15(21)22)17-8-20)19-14(18-9)10-3-2-4-11(16)6-10/h2-8H,1H3,(H,21,22). The molecule has 0 bridgehead atoms. The Balaban J connectivity index is 2.08. The highest BCUT2D eigenvalue weighted by atomic mass is 19.1. The highest BCUT2D eigenvalue weighted by molar-refractivity contribution is 5.85. The first-order chi connectivity index (χ1) is 10.5. The van der Waals surface area contributed by atoms with Gasteiger partial charge in [-0.05, 0) is 19.1 Å². The smallest absolute Gasteiger partial charge is 0.356 e. The molecule has 0 aliphatic rings. The Kier molecular flexibility index (Phi) is 3.38. The third-order valence-corrected chi connectivity index (χ3v) is 2.99. The Morgan fingerprint density at radius 3 is 2.77 bits per heavy atom. The lowest BCUT2D eigenvalue weighted by Gasteiger charge is -2.06. The summed E-state index contributed by atoms with van der Waals surface area (Å²) >= 11 is 0. The molecule has 2 aromatic heterocycles. The van der Waals surface area contributed by atoms with E-state index in [0.717, 1.165) is 0 Å². The number of hydrogen-bond acceptors (Lipinski definition) is 4. The van der Waals surface area contributed by atoms with E-state index in [4.69, 9.17) is 5.11 Å². The van der Waals surface area contributed by atoms with E-state index >= 15 is 0 Å². The lowest BCUT2D eigenvalue weighted by molar-refractivity contribution is 0.0691. The van der Waals surface area contributed by atoms with Gasteiger partial charge in [0.15, 0.2) is 11.5 Å². The van der Waals surface area contributed by atoms with Crippen LogP contribution in [0, 0.1) is 12.7 Å². The molecule has 1 aromatic carbocycles. The van der Waals surface area contributed by atoms with E-state index < -0.39 is 5.97 Å². The van der Waals surface area contributed by atoms with E-state index in [1.807, 2.05) is 0 Å². The van der Waals surface area contributed by atoms with Crippen LogP contribution in [0.5, 0.6) is 0 Å². The van der Waals surface area contributed by atoms with Gasteiger partial charge in [0, 0.05) is 23.5 Å². The molecule has 0 saturated carbocycles. The molecule has 3 aromatic rings. The summed E-state index contributed by atoms with van der Waals surface area (Å²) in [7, 11) is 0. The van der Waals surface area contributed by atoms with Crippen molar-refractivity contribution in [2.75, 3.05) is 0 Å². The van der Waals surface area contributed by atoms with Gasteiger partial charge in [-0.1, -0.05) is 12.1 Å². The first-order valence-electron chi connectivity index (χ1n) is 6.42. The molecule has 0 radical (unpaired) electrons. The average Bonchev–Trinajstić information content (AvgIpc) is 2.97. The van der Waals surface area contributed by atoms with Crippen molar-refractivity contribution in [3.63, 3.8) is 0 Å². The van der Waals surface area contributed by atoms with Crippen LogP contribution in [0.1, 0.15) is 16.2 Å². The molecule has 0 spiro atoms. The van der Waals surface area contributed by atoms with Gasteiger partial charge in [-0.25, -0.2) is 24.1 Å². The molecule has 0 unspecified atom stereocenters. The van der Waals surface area contributed by atoms with Crippen LogP contribution in [0.2, 0.25) is 0 Å². The van der Waals surface area contributed by atoms with E-state index in [1.165, 1.54) is 29.2 Å². The van der Waals surface area contributed by atoms with Crippen LogP contribution < -0.4 is 0 Å². The number of hydrogen-bond donors (Lipinski definition) is 1. The molecule has 0 saturated heterocycles. The SMILES string of the molecule is Cc1cc(-n2cnc(C(=O)O)c2)nc(-c2cccc(F)c2)n1. The maximum absolute atomic E-state index is 13.3. The highest BCUT2D eigenvalue weighted by Crippen LogP contribution is 2.18. The van der Waals surface area contributed by atoms with E-state index in [1.54, 1.807) is 25.1 Å². The molecule has 22 heavy (non-hydrogen) atoms. The van der Waals surface area contributed by atoms with Gasteiger partial charge in [0.1, 0.15) is 18.0 Å². The fourth-order valence-corrected chi connectivity index (χ4v) is 2.00. The fourth-order valence-electron chi connectivity index (χ4n) is 2.00. The number of benzene rings is 1. The lowest BCUT2D eigenvalue weighted by Crippen LogP contribution is -2.01. The third-order valence-electron chi connectivity index (χ3n) is 2.99. The predicted molar refractivity (Wildman–Crippen MR) is 76.2 cm³/mol. The average molecular weight is 298 g/mol. The van der Waals surface area contributed by atoms with E-state index in [-0.39, 0.29) is 11.5 Å². The Morgan fingerprint density at radius 2 is 2.09 bits per heavy atom. The minimum atomic E-state index is -1.12. The van der Waals surface area contributed by atoms with E-state index in [9.17, 15) is 9.18 Å². The van der Waals surface area contributed by atoms with Gasteiger partial charge in [-0.2, -0.15) is 0 Å². The minimum Gasteiger partial charge on any atom is -0.476 e. The molecule has 7 heteroatoms. The number of carbonyl (C=O) groups is 1. The minimum absolute atomic E-state index is 0.0800. The monoisotopic (exact) mass is 298 g/mol. The summed E-state index contributed by atoms with van der Waals surface area (Å²) < 4.78 is 14.8. The molecular formula is C15H11FN4O2. The quantitative estimate of drug-likeness (QED) is 0.803. The van der Waals surface area contributed by atoms with E-state index in [0.29, 0.717) is 22.9 Å². The van der Waals surface area contributed by atoms with Crippen LogP contribution in [-0.2, 0) is 0 Å². The lowest BCUT2D eigenvalue weighted by atomic mass is 10.2. The van der Waals surface area contributed by atoms with Gasteiger partial charge < -0.3 is 5.11 Å². The highest BCUT2D eigenvalue weighted by Gasteiger charge is 2.11. The fraction of sp³-hybridized carbons (Fsp3) is 0.0667. The molecule has 0 atom stereocenters. The number of aromatic nitrogens is 4. The number of halogens is 1. The second-order valence-corrected chi connectivity index (χ2v) is 4.67. The van der Waals surface area contributed by atoms with Gasteiger partial charge in [0.05, 0.1) is 0 Å². The van der Waals surface area contributed by atoms with Crippen molar-refractivity contribution in [3.8, 4) is 17.2 Å². The molecule has 0 aliphatic carbocycles. The Hall–Kier alpha value is -3.09. The Morgan fingerprint density at radius 1 is 1.27 bits per heavy atom. The van der Waals surface area contributed by atoms with Crippen molar-refractivity contribution in [1.29, 1.82) is 0 Å². The molecule has 0 amide bonds. The zero-order chi connectivity index (χ0) is 15.7. The van der Waals surface area contributed by atoms with Crippen LogP contribution in [0.15, 0.2) is 42.9 Å². The van der Waals surface area contributed by atoms with Crippen LogP contribution in [0.25, 0.3) is 17.2 Å². The normalized spacial score (nSPS) is 10.6. The number of aromatic carboxylic acids is 1. The maximum Gasteiger partial charge on any atom is 0.356 e. The van der Waals surface area contributed by atoms with Crippen molar-refractivity contribution in [3.05, 3.63) is 60.1 Å². The number of nitrogens with zero attached hydrogens (tertiary/aromatic N) is 4. The molecule has 110 valence electrons. The zero-order valence-electron chi connectivity index (χ0n) is 11.6. The molecule has 3 rings (SSSR count). The van der Waals surface area contributed by atoms with Gasteiger partial charge in [-0.3, -0.25) is 4.57 Å². The number of rotatable bonds is 3. The molecule has 2 heterocycles. The summed E-state index contributed by atoms with van der Waals surface area (Å²) in [6.07, 6.45) is 2.72. The number of imidazole rings is 1. The van der Waals surface area contributed by atoms with Crippen molar-refractivity contribution in [1.82, 2.24) is 19.5 Å². The van der Waals surface area contributed by atoms with E-state index in [2.05, 4.69) is 15.0 Å². The predicted octanol–water partition coefficient (Wildman–Crippen LogP) is 2.48. The van der Waals surface area contributed by atoms with Crippen molar-refractivity contribution < 1.29 is 14.3 Å². The molecule has 0 fully saturated rings. The van der Waals surface area contributed by atoms with Crippen molar-refractivity contribution in [2.24, 2.45) is 0 Å². The Labute approximate surface area is 124 Å². The first kappa shape index (κ1) is 13.9. The van der Waals surface area contributed by atoms with Crippen LogP contribution >= 0.6 is 0 Å². The zero-order valence-corrected chi connectivity index (χ0v) is 11.6. The molecular weight excluding hydrogens is 287 g/mol. The summed E-state index contributed by atoms with van der Waals surface area (Å²) in [5.41, 5.74) is 1.14. The summed E-state index contributed by atoms with van der Waals surface area (Å²) in [6, 6.07) is 7.66. The number of carboxylic acid groups (broad SMARTS) is 1. The summed E-state index contributed by atoms with van der Waals surface area (Å²) in [5, 5.41) is 8.91. The van der Waals surface area contributed by atoms with Crippen LogP contribution in [-0.4, -0.2) is 30.6 Å². The first-order valence-corrected chi connectivity index (χ1v) is 6.42. The van der Waals surface area contributed by atoms with Gasteiger partial charge in [0.25, 0.3) is 0 Å². The topological polar surface area (TPSA) is 80.9 Å². The largest absolute Gasteiger partial charge is 0.476 e. The van der Waals surface area contributed by atoms with Gasteiger partial charge >= 0.3 is 5.97 Å². The van der Waals surface area contributed by atoms with Gasteiger partial charge in [0.2, 0.25) is 0 Å². The van der Waals surface area contributed by atoms with Crippen LogP contribution in [0.3, 0.4) is 0 Å². The third kappa shape index (κ3) is 2.69. The van der Waals surface area contributed by atoms with Gasteiger partial charge in [-0.15, -0.1) is 0 Å². The summed E-state index contributed by atoms with van der Waals surface area (Å²) in [6.45, 7) is 1.78. The number of aryl methyl sites for hydroxylation is 1. The summed E-state index contributed by atoms with van der Waals surface area (Å²) in [4.78, 5) is 23.3. The second kappa shape index (κ2) is 5.36. The molecule has 6 nitrogen and oxygen atoms in total.